The van der Waals surface area contributed by atoms with E-state index in [1.807, 2.05) is 11.8 Å². The molecule has 2 amide bonds. The predicted molar refractivity (Wildman–Crippen MR) is 49.0 cm³/mol. The quantitative estimate of drug-likeness (QED) is 0.634. The molecule has 12 heavy (non-hydrogen) atoms. The van der Waals surface area contributed by atoms with E-state index >= 15 is 0 Å². The first-order valence-corrected chi connectivity index (χ1v) is 4.76. The van der Waals surface area contributed by atoms with E-state index in [9.17, 15) is 4.79 Å². The molecule has 1 saturated heterocycles. The molecule has 1 aliphatic heterocycles. The van der Waals surface area contributed by atoms with Gasteiger partial charge in [-0.3, -0.25) is 0 Å². The van der Waals surface area contributed by atoms with Gasteiger partial charge in [-0.05, 0) is 25.7 Å². The lowest BCUT2D eigenvalue weighted by Gasteiger charge is -2.30. The minimum atomic E-state index is 0.101. The van der Waals surface area contributed by atoms with Crippen LogP contribution in [0.2, 0.25) is 0 Å². The first-order chi connectivity index (χ1) is 5.74. The largest absolute Gasteiger partial charge is 0.338 e. The Kier molecular flexibility index (Phi) is 3.38. The fourth-order valence-electron chi connectivity index (χ4n) is 1.47. The van der Waals surface area contributed by atoms with E-state index in [4.69, 9.17) is 0 Å². The number of carbonyl (C=O) groups is 1. The Morgan fingerprint density at radius 2 is 2.08 bits per heavy atom. The Morgan fingerprint density at radius 3 is 2.58 bits per heavy atom. The van der Waals surface area contributed by atoms with Crippen molar-refractivity contribution in [2.75, 3.05) is 19.6 Å². The van der Waals surface area contributed by atoms with Crippen molar-refractivity contribution in [2.24, 2.45) is 5.92 Å². The van der Waals surface area contributed by atoms with E-state index in [-0.39, 0.29) is 6.03 Å². The molecular formula is C9H18N2O. The summed E-state index contributed by atoms with van der Waals surface area (Å²) in [5, 5.41) is 2.82. The normalized spacial score (nSPS) is 19.3. The Bertz CT molecular complexity index is 151. The lowest BCUT2D eigenvalue weighted by atomic mass is 10.00. The van der Waals surface area contributed by atoms with Gasteiger partial charge in [-0.25, -0.2) is 4.79 Å². The van der Waals surface area contributed by atoms with E-state index in [0.717, 1.165) is 38.4 Å². The van der Waals surface area contributed by atoms with Crippen LogP contribution >= 0.6 is 0 Å². The third kappa shape index (κ3) is 2.40. The number of urea groups is 1. The van der Waals surface area contributed by atoms with Crippen molar-refractivity contribution in [3.05, 3.63) is 0 Å². The lowest BCUT2D eigenvalue weighted by Crippen LogP contribution is -2.44. The predicted octanol–water partition coefficient (Wildman–Crippen LogP) is 1.45. The minimum Gasteiger partial charge on any atom is -0.338 e. The fourth-order valence-corrected chi connectivity index (χ4v) is 1.47. The summed E-state index contributed by atoms with van der Waals surface area (Å²) in [4.78, 5) is 13.2. The summed E-state index contributed by atoms with van der Waals surface area (Å²) in [6.45, 7) is 6.77. The third-order valence-corrected chi connectivity index (χ3v) is 2.40. The summed E-state index contributed by atoms with van der Waals surface area (Å²) in [6, 6.07) is 0.101. The molecule has 1 heterocycles. The van der Waals surface area contributed by atoms with Crippen LogP contribution in [0, 0.1) is 5.92 Å². The maximum Gasteiger partial charge on any atom is 0.317 e. The Labute approximate surface area is 74.1 Å². The second-order valence-corrected chi connectivity index (χ2v) is 3.51. The number of nitrogens with one attached hydrogen (secondary N) is 1. The van der Waals surface area contributed by atoms with Crippen molar-refractivity contribution < 1.29 is 4.79 Å². The standard InChI is InChI=1S/C9H18N2O/c1-3-10-9(12)11-6-4-8(2)5-7-11/h8H,3-7H2,1-2H3,(H,10,12). The van der Waals surface area contributed by atoms with Crippen molar-refractivity contribution in [3.8, 4) is 0 Å². The average molecular weight is 170 g/mol. The molecule has 3 nitrogen and oxygen atoms in total. The zero-order valence-electron chi connectivity index (χ0n) is 7.97. The number of likely N-dealkylation sites (tertiary alicyclic amines) is 1. The van der Waals surface area contributed by atoms with Gasteiger partial charge in [-0.2, -0.15) is 0 Å². The summed E-state index contributed by atoms with van der Waals surface area (Å²) in [7, 11) is 0. The highest BCUT2D eigenvalue weighted by Crippen LogP contribution is 2.15. The summed E-state index contributed by atoms with van der Waals surface area (Å²) < 4.78 is 0. The van der Waals surface area contributed by atoms with Crippen LogP contribution in [0.1, 0.15) is 26.7 Å². The summed E-state index contributed by atoms with van der Waals surface area (Å²) in [5.41, 5.74) is 0. The van der Waals surface area contributed by atoms with Crippen LogP contribution < -0.4 is 5.32 Å². The number of nitrogens with zero attached hydrogens (tertiary/aromatic N) is 1. The van der Waals surface area contributed by atoms with Gasteiger partial charge in [0.15, 0.2) is 0 Å². The molecule has 1 N–H and O–H groups in total. The van der Waals surface area contributed by atoms with E-state index in [1.54, 1.807) is 0 Å². The minimum absolute atomic E-state index is 0.101. The topological polar surface area (TPSA) is 32.3 Å². The molecule has 0 atom stereocenters. The molecule has 0 aromatic heterocycles. The Hall–Kier alpha value is -0.730. The SMILES string of the molecule is CCNC(=O)N1CCC(C)CC1. The number of rotatable bonds is 1. The van der Waals surface area contributed by atoms with Crippen molar-refractivity contribution in [2.45, 2.75) is 26.7 Å². The molecule has 3 heteroatoms. The molecule has 0 saturated carbocycles. The van der Waals surface area contributed by atoms with Gasteiger partial charge in [0.2, 0.25) is 0 Å². The van der Waals surface area contributed by atoms with Crippen molar-refractivity contribution in [1.29, 1.82) is 0 Å². The zero-order valence-corrected chi connectivity index (χ0v) is 7.97. The van der Waals surface area contributed by atoms with Gasteiger partial charge in [0.1, 0.15) is 0 Å². The van der Waals surface area contributed by atoms with Crippen LogP contribution in [0.3, 0.4) is 0 Å². The first-order valence-electron chi connectivity index (χ1n) is 4.76. The highest BCUT2D eigenvalue weighted by Gasteiger charge is 2.18. The van der Waals surface area contributed by atoms with Crippen LogP contribution in [-0.2, 0) is 0 Å². The number of hydrogen-bond acceptors (Lipinski definition) is 1. The zero-order chi connectivity index (χ0) is 8.97. The fraction of sp³-hybridized carbons (Fsp3) is 0.889. The van der Waals surface area contributed by atoms with E-state index in [1.165, 1.54) is 0 Å². The maximum absolute atomic E-state index is 11.3. The van der Waals surface area contributed by atoms with Gasteiger partial charge in [-0.15, -0.1) is 0 Å². The van der Waals surface area contributed by atoms with E-state index < -0.39 is 0 Å². The van der Waals surface area contributed by atoms with Crippen molar-refractivity contribution >= 4 is 6.03 Å². The number of hydrogen-bond donors (Lipinski definition) is 1. The van der Waals surface area contributed by atoms with Crippen LogP contribution in [0.4, 0.5) is 4.79 Å². The van der Waals surface area contributed by atoms with Gasteiger partial charge in [0.05, 0.1) is 0 Å². The van der Waals surface area contributed by atoms with Gasteiger partial charge >= 0.3 is 6.03 Å². The molecule has 0 aromatic carbocycles. The smallest absolute Gasteiger partial charge is 0.317 e. The Morgan fingerprint density at radius 1 is 1.50 bits per heavy atom. The van der Waals surface area contributed by atoms with Gasteiger partial charge in [-0.1, -0.05) is 6.92 Å². The lowest BCUT2D eigenvalue weighted by molar-refractivity contribution is 0.174. The van der Waals surface area contributed by atoms with Gasteiger partial charge < -0.3 is 10.2 Å². The number of carbonyl (C=O) groups excluding carboxylic acids is 1. The van der Waals surface area contributed by atoms with Crippen LogP contribution in [-0.4, -0.2) is 30.6 Å². The molecule has 0 radical (unpaired) electrons. The molecule has 1 rings (SSSR count). The van der Waals surface area contributed by atoms with E-state index in [2.05, 4.69) is 12.2 Å². The Balaban J connectivity index is 2.29. The maximum atomic E-state index is 11.3. The molecular weight excluding hydrogens is 152 g/mol. The molecule has 0 aromatic rings. The summed E-state index contributed by atoms with van der Waals surface area (Å²) >= 11 is 0. The summed E-state index contributed by atoms with van der Waals surface area (Å²) in [5.74, 6) is 0.788. The molecule has 0 unspecified atom stereocenters. The van der Waals surface area contributed by atoms with Gasteiger partial charge in [0, 0.05) is 19.6 Å². The second kappa shape index (κ2) is 4.33. The average Bonchev–Trinajstić information content (AvgIpc) is 2.06. The van der Waals surface area contributed by atoms with Crippen LogP contribution in [0.15, 0.2) is 0 Å². The van der Waals surface area contributed by atoms with Crippen LogP contribution in [0.25, 0.3) is 0 Å². The monoisotopic (exact) mass is 170 g/mol. The molecule has 0 bridgehead atoms. The molecule has 0 spiro atoms. The van der Waals surface area contributed by atoms with Gasteiger partial charge in [0.25, 0.3) is 0 Å². The van der Waals surface area contributed by atoms with Crippen molar-refractivity contribution in [3.63, 3.8) is 0 Å². The van der Waals surface area contributed by atoms with Crippen LogP contribution in [0.5, 0.6) is 0 Å². The molecule has 1 fully saturated rings. The highest BCUT2D eigenvalue weighted by atomic mass is 16.2. The number of piperidine rings is 1. The first kappa shape index (κ1) is 9.36. The molecule has 0 aliphatic carbocycles. The molecule has 1 aliphatic rings. The highest BCUT2D eigenvalue weighted by molar-refractivity contribution is 5.74. The summed E-state index contributed by atoms with van der Waals surface area (Å²) in [6.07, 6.45) is 2.30. The van der Waals surface area contributed by atoms with Crippen molar-refractivity contribution in [1.82, 2.24) is 10.2 Å². The second-order valence-electron chi connectivity index (χ2n) is 3.51. The third-order valence-electron chi connectivity index (χ3n) is 2.40. The molecule has 70 valence electrons. The number of amides is 2. The van der Waals surface area contributed by atoms with E-state index in [0.29, 0.717) is 0 Å².